The smallest absolute Gasteiger partial charge is 0.256 e. The van der Waals surface area contributed by atoms with E-state index >= 15 is 0 Å². The van der Waals surface area contributed by atoms with E-state index in [2.05, 4.69) is 31.1 Å². The molecular weight excluding hydrogens is 336 g/mol. The first kappa shape index (κ1) is 13.0. The topological polar surface area (TPSA) is 65.5 Å². The van der Waals surface area contributed by atoms with Gasteiger partial charge in [-0.15, -0.1) is 0 Å². The van der Waals surface area contributed by atoms with Crippen LogP contribution in [0.2, 0.25) is 0 Å². The Bertz CT molecular complexity index is 776. The van der Waals surface area contributed by atoms with Crippen LogP contribution in [-0.2, 0) is 4.74 Å². The number of pyridine rings is 1. The molecule has 0 saturated carbocycles. The van der Waals surface area contributed by atoms with Crippen LogP contribution in [0.3, 0.4) is 0 Å². The van der Waals surface area contributed by atoms with Gasteiger partial charge in [-0.2, -0.15) is 4.98 Å². The highest BCUT2D eigenvalue weighted by atomic mass is 79.9. The van der Waals surface area contributed by atoms with Crippen molar-refractivity contribution in [3.05, 3.63) is 34.9 Å². The Labute approximate surface area is 129 Å². The average molecular weight is 349 g/mol. The SMILES string of the molecule is Brc1ccn2cc(-c3noc(C4CCCCO4)n3)nc2c1. The molecule has 3 aromatic heterocycles. The van der Waals surface area contributed by atoms with Crippen molar-refractivity contribution in [2.75, 3.05) is 6.61 Å². The minimum atomic E-state index is -0.0776. The van der Waals surface area contributed by atoms with Crippen LogP contribution in [0.1, 0.15) is 31.3 Å². The van der Waals surface area contributed by atoms with E-state index in [-0.39, 0.29) is 6.10 Å². The molecule has 3 aromatic rings. The molecule has 21 heavy (non-hydrogen) atoms. The second-order valence-corrected chi connectivity index (χ2v) is 5.96. The molecule has 0 radical (unpaired) electrons. The molecule has 1 fully saturated rings. The fourth-order valence-corrected chi connectivity index (χ4v) is 2.79. The predicted molar refractivity (Wildman–Crippen MR) is 78.7 cm³/mol. The van der Waals surface area contributed by atoms with E-state index in [0.29, 0.717) is 17.4 Å². The second-order valence-electron chi connectivity index (χ2n) is 5.05. The third-order valence-electron chi connectivity index (χ3n) is 3.55. The van der Waals surface area contributed by atoms with Gasteiger partial charge < -0.3 is 13.7 Å². The van der Waals surface area contributed by atoms with Crippen LogP contribution >= 0.6 is 15.9 Å². The first-order valence-electron chi connectivity index (χ1n) is 6.89. The Morgan fingerprint density at radius 3 is 3.10 bits per heavy atom. The summed E-state index contributed by atoms with van der Waals surface area (Å²) in [6.45, 7) is 0.755. The van der Waals surface area contributed by atoms with E-state index in [4.69, 9.17) is 9.26 Å². The predicted octanol–water partition coefficient (Wildman–Crippen LogP) is 3.39. The number of rotatable bonds is 2. The highest BCUT2D eigenvalue weighted by molar-refractivity contribution is 9.10. The molecule has 0 amide bonds. The highest BCUT2D eigenvalue weighted by Gasteiger charge is 2.23. The second kappa shape index (κ2) is 5.23. The normalized spacial score (nSPS) is 19.2. The summed E-state index contributed by atoms with van der Waals surface area (Å²) in [7, 11) is 0. The third-order valence-corrected chi connectivity index (χ3v) is 4.04. The van der Waals surface area contributed by atoms with Crippen LogP contribution in [-0.4, -0.2) is 26.1 Å². The molecule has 0 aliphatic carbocycles. The van der Waals surface area contributed by atoms with Crippen molar-refractivity contribution in [3.63, 3.8) is 0 Å². The van der Waals surface area contributed by atoms with Crippen molar-refractivity contribution in [3.8, 4) is 11.5 Å². The molecule has 1 aliphatic rings. The Kier molecular flexibility index (Phi) is 3.23. The summed E-state index contributed by atoms with van der Waals surface area (Å²) in [5.41, 5.74) is 1.53. The molecule has 0 aromatic carbocycles. The number of ether oxygens (including phenoxy) is 1. The van der Waals surface area contributed by atoms with Crippen molar-refractivity contribution in [2.24, 2.45) is 0 Å². The molecule has 0 spiro atoms. The van der Waals surface area contributed by atoms with Crippen LogP contribution in [0.15, 0.2) is 33.5 Å². The molecule has 1 aliphatic heterocycles. The molecule has 4 heterocycles. The van der Waals surface area contributed by atoms with Crippen LogP contribution in [0.5, 0.6) is 0 Å². The first-order valence-corrected chi connectivity index (χ1v) is 7.69. The maximum Gasteiger partial charge on any atom is 0.256 e. The van der Waals surface area contributed by atoms with Gasteiger partial charge in [-0.3, -0.25) is 0 Å². The quantitative estimate of drug-likeness (QED) is 0.710. The van der Waals surface area contributed by atoms with Crippen molar-refractivity contribution in [1.29, 1.82) is 0 Å². The van der Waals surface area contributed by atoms with Gasteiger partial charge in [-0.1, -0.05) is 21.1 Å². The summed E-state index contributed by atoms with van der Waals surface area (Å²) in [5, 5.41) is 4.03. The molecule has 0 bridgehead atoms. The zero-order valence-corrected chi connectivity index (χ0v) is 12.8. The van der Waals surface area contributed by atoms with Crippen LogP contribution in [0, 0.1) is 0 Å². The highest BCUT2D eigenvalue weighted by Crippen LogP contribution is 2.28. The number of aromatic nitrogens is 4. The maximum atomic E-state index is 5.66. The molecule has 7 heteroatoms. The maximum absolute atomic E-state index is 5.66. The largest absolute Gasteiger partial charge is 0.368 e. The lowest BCUT2D eigenvalue weighted by Gasteiger charge is -2.18. The number of halogens is 1. The number of nitrogens with zero attached hydrogens (tertiary/aromatic N) is 4. The molecule has 4 rings (SSSR count). The lowest BCUT2D eigenvalue weighted by molar-refractivity contribution is -0.00459. The Balaban J connectivity index is 1.67. The van der Waals surface area contributed by atoms with Crippen molar-refractivity contribution < 1.29 is 9.26 Å². The van der Waals surface area contributed by atoms with Gasteiger partial charge in [0, 0.05) is 23.5 Å². The van der Waals surface area contributed by atoms with Crippen molar-refractivity contribution in [1.82, 2.24) is 19.5 Å². The van der Waals surface area contributed by atoms with E-state index in [1.807, 2.05) is 28.9 Å². The van der Waals surface area contributed by atoms with E-state index in [1.165, 1.54) is 0 Å². The summed E-state index contributed by atoms with van der Waals surface area (Å²) < 4.78 is 13.9. The average Bonchev–Trinajstić information content (AvgIpc) is 3.14. The monoisotopic (exact) mass is 348 g/mol. The fraction of sp³-hybridized carbons (Fsp3) is 0.357. The lowest BCUT2D eigenvalue weighted by Crippen LogP contribution is -2.11. The Morgan fingerprint density at radius 2 is 2.24 bits per heavy atom. The molecule has 1 atom stereocenters. The summed E-state index contributed by atoms with van der Waals surface area (Å²) in [6, 6.07) is 3.89. The number of hydrogen-bond acceptors (Lipinski definition) is 5. The van der Waals surface area contributed by atoms with E-state index in [1.54, 1.807) is 0 Å². The molecule has 0 N–H and O–H groups in total. The standard InChI is InChI=1S/C14H13BrN4O2/c15-9-4-5-19-8-10(16-12(19)7-9)13-17-14(21-18-13)11-3-1-2-6-20-11/h4-5,7-8,11H,1-3,6H2. The van der Waals surface area contributed by atoms with Gasteiger partial charge in [0.1, 0.15) is 17.4 Å². The Hall–Kier alpha value is -1.73. The first-order chi connectivity index (χ1) is 10.3. The minimum Gasteiger partial charge on any atom is -0.368 e. The number of imidazole rings is 1. The molecular formula is C14H13BrN4O2. The zero-order valence-electron chi connectivity index (χ0n) is 11.2. The van der Waals surface area contributed by atoms with Gasteiger partial charge in [0.05, 0.1) is 0 Å². The molecule has 1 unspecified atom stereocenters. The summed E-state index contributed by atoms with van der Waals surface area (Å²) in [4.78, 5) is 8.94. The summed E-state index contributed by atoms with van der Waals surface area (Å²) in [6.07, 6.45) is 6.90. The van der Waals surface area contributed by atoms with E-state index in [0.717, 1.165) is 36.0 Å². The fourth-order valence-electron chi connectivity index (χ4n) is 2.47. The molecule has 108 valence electrons. The van der Waals surface area contributed by atoms with E-state index in [9.17, 15) is 0 Å². The molecule has 1 saturated heterocycles. The third kappa shape index (κ3) is 2.47. The van der Waals surface area contributed by atoms with Crippen LogP contribution in [0.25, 0.3) is 17.2 Å². The summed E-state index contributed by atoms with van der Waals surface area (Å²) in [5.74, 6) is 1.04. The lowest BCUT2D eigenvalue weighted by atomic mass is 10.1. The summed E-state index contributed by atoms with van der Waals surface area (Å²) >= 11 is 3.43. The number of hydrogen-bond donors (Lipinski definition) is 0. The van der Waals surface area contributed by atoms with Gasteiger partial charge in [0.15, 0.2) is 0 Å². The van der Waals surface area contributed by atoms with Gasteiger partial charge in [0.25, 0.3) is 5.89 Å². The van der Waals surface area contributed by atoms with Crippen LogP contribution in [0.4, 0.5) is 0 Å². The minimum absolute atomic E-state index is 0.0776. The van der Waals surface area contributed by atoms with Gasteiger partial charge in [0.2, 0.25) is 5.82 Å². The van der Waals surface area contributed by atoms with Crippen molar-refractivity contribution >= 4 is 21.6 Å². The van der Waals surface area contributed by atoms with Gasteiger partial charge >= 0.3 is 0 Å². The van der Waals surface area contributed by atoms with Crippen molar-refractivity contribution in [2.45, 2.75) is 25.4 Å². The van der Waals surface area contributed by atoms with Crippen LogP contribution < -0.4 is 0 Å². The van der Waals surface area contributed by atoms with Gasteiger partial charge in [-0.25, -0.2) is 4.98 Å². The van der Waals surface area contributed by atoms with E-state index < -0.39 is 0 Å². The number of fused-ring (bicyclic) bond motifs is 1. The van der Waals surface area contributed by atoms with Gasteiger partial charge in [-0.05, 0) is 31.4 Å². The zero-order chi connectivity index (χ0) is 14.2. The molecule has 6 nitrogen and oxygen atoms in total. The Morgan fingerprint density at radius 1 is 1.29 bits per heavy atom.